The summed E-state index contributed by atoms with van der Waals surface area (Å²) in [6.45, 7) is 1.52. The van der Waals surface area contributed by atoms with Crippen molar-refractivity contribution < 1.29 is 13.9 Å². The van der Waals surface area contributed by atoms with Crippen LogP contribution in [0.1, 0.15) is 12.7 Å². The first-order valence-corrected chi connectivity index (χ1v) is 7.55. The maximum atomic E-state index is 13.2. The van der Waals surface area contributed by atoms with Gasteiger partial charge in [-0.2, -0.15) is 0 Å². The van der Waals surface area contributed by atoms with Crippen LogP contribution in [0.15, 0.2) is 54.7 Å². The van der Waals surface area contributed by atoms with E-state index in [0.29, 0.717) is 5.82 Å². The number of carbonyl (C=O) groups is 1. The molecule has 0 aliphatic heterocycles. The highest BCUT2D eigenvalue weighted by atomic mass is 19.1. The van der Waals surface area contributed by atoms with Crippen molar-refractivity contribution in [3.63, 3.8) is 0 Å². The van der Waals surface area contributed by atoms with Crippen LogP contribution in [0.25, 0.3) is 16.9 Å². The molecule has 0 spiro atoms. The van der Waals surface area contributed by atoms with Gasteiger partial charge in [0.1, 0.15) is 23.2 Å². The van der Waals surface area contributed by atoms with E-state index >= 15 is 0 Å². The minimum Gasteiger partial charge on any atom is -0.497 e. The number of nitrogens with zero attached hydrogens (tertiary/aromatic N) is 2. The molecule has 0 bridgehead atoms. The highest BCUT2D eigenvalue weighted by Crippen LogP contribution is 2.24. The predicted molar refractivity (Wildman–Crippen MR) is 89.9 cm³/mol. The lowest BCUT2D eigenvalue weighted by atomic mass is 10.1. The normalized spacial score (nSPS) is 10.6. The summed E-state index contributed by atoms with van der Waals surface area (Å²) < 4.78 is 20.1. The third kappa shape index (κ3) is 3.35. The van der Waals surface area contributed by atoms with E-state index in [1.165, 1.54) is 19.1 Å². The number of methoxy groups -OCH3 is 1. The smallest absolute Gasteiger partial charge is 0.137 e. The van der Waals surface area contributed by atoms with E-state index in [9.17, 15) is 9.18 Å². The Morgan fingerprint density at radius 3 is 2.38 bits per heavy atom. The predicted octanol–water partition coefficient (Wildman–Crippen LogP) is 3.82. The van der Waals surface area contributed by atoms with Gasteiger partial charge in [0.05, 0.1) is 19.2 Å². The van der Waals surface area contributed by atoms with E-state index < -0.39 is 0 Å². The number of Topliss-reactive ketones (excluding diaryl/α,β-unsaturated/α-hetero) is 1. The number of hydrogen-bond donors (Lipinski definition) is 0. The van der Waals surface area contributed by atoms with Gasteiger partial charge in [-0.25, -0.2) is 9.37 Å². The molecule has 0 radical (unpaired) electrons. The zero-order valence-corrected chi connectivity index (χ0v) is 13.5. The van der Waals surface area contributed by atoms with Gasteiger partial charge in [0, 0.05) is 17.4 Å². The van der Waals surface area contributed by atoms with E-state index in [2.05, 4.69) is 4.98 Å². The Hall–Kier alpha value is -2.95. The standard InChI is InChI=1S/C19H17FN2O2/c1-13(23)11-19-21-18(14-3-9-17(24-2)10-4-14)12-22(19)16-7-5-15(20)6-8-16/h3-10,12H,11H2,1-2H3. The fraction of sp³-hybridized carbons (Fsp3) is 0.158. The molecule has 5 heteroatoms. The first-order valence-electron chi connectivity index (χ1n) is 7.55. The Bertz CT molecular complexity index is 852. The zero-order valence-electron chi connectivity index (χ0n) is 13.5. The Morgan fingerprint density at radius 2 is 1.79 bits per heavy atom. The molecule has 3 aromatic rings. The molecule has 0 unspecified atom stereocenters. The Balaban J connectivity index is 2.04. The van der Waals surface area contributed by atoms with Gasteiger partial charge < -0.3 is 9.30 Å². The van der Waals surface area contributed by atoms with Crippen molar-refractivity contribution in [2.45, 2.75) is 13.3 Å². The third-order valence-electron chi connectivity index (χ3n) is 3.68. The second kappa shape index (κ2) is 6.66. The summed E-state index contributed by atoms with van der Waals surface area (Å²) >= 11 is 0. The molecular formula is C19H17FN2O2. The van der Waals surface area contributed by atoms with Crippen LogP contribution in [0.3, 0.4) is 0 Å². The van der Waals surface area contributed by atoms with Gasteiger partial charge in [-0.15, -0.1) is 0 Å². The number of benzene rings is 2. The average molecular weight is 324 g/mol. The number of ether oxygens (including phenoxy) is 1. The van der Waals surface area contributed by atoms with Gasteiger partial charge in [-0.05, 0) is 55.5 Å². The molecule has 0 aliphatic rings. The van der Waals surface area contributed by atoms with Crippen LogP contribution >= 0.6 is 0 Å². The van der Waals surface area contributed by atoms with Crippen molar-refractivity contribution in [3.8, 4) is 22.7 Å². The maximum Gasteiger partial charge on any atom is 0.137 e. The fourth-order valence-electron chi connectivity index (χ4n) is 2.49. The van der Waals surface area contributed by atoms with Crippen LogP contribution in [0.2, 0.25) is 0 Å². The summed E-state index contributed by atoms with van der Waals surface area (Å²) in [4.78, 5) is 16.1. The van der Waals surface area contributed by atoms with Crippen LogP contribution in [-0.2, 0) is 11.2 Å². The summed E-state index contributed by atoms with van der Waals surface area (Å²) in [5.41, 5.74) is 2.43. The van der Waals surface area contributed by atoms with Crippen LogP contribution in [-0.4, -0.2) is 22.4 Å². The van der Waals surface area contributed by atoms with Crippen LogP contribution < -0.4 is 4.74 Å². The van der Waals surface area contributed by atoms with Crippen molar-refractivity contribution >= 4 is 5.78 Å². The molecule has 0 saturated heterocycles. The molecule has 4 nitrogen and oxygen atoms in total. The van der Waals surface area contributed by atoms with E-state index in [0.717, 1.165) is 22.7 Å². The summed E-state index contributed by atoms with van der Waals surface area (Å²) in [6.07, 6.45) is 2.07. The number of ketones is 1. The second-order valence-corrected chi connectivity index (χ2v) is 5.50. The van der Waals surface area contributed by atoms with Crippen molar-refractivity contribution in [1.82, 2.24) is 9.55 Å². The molecule has 0 amide bonds. The SMILES string of the molecule is COc1ccc(-c2cn(-c3ccc(F)cc3)c(CC(C)=O)n2)cc1. The Labute approximate surface area is 139 Å². The lowest BCUT2D eigenvalue weighted by molar-refractivity contribution is -0.116. The van der Waals surface area contributed by atoms with Gasteiger partial charge in [-0.3, -0.25) is 4.79 Å². The summed E-state index contributed by atoms with van der Waals surface area (Å²) in [5.74, 6) is 1.10. The Kier molecular flexibility index (Phi) is 4.42. The number of carbonyl (C=O) groups excluding carboxylic acids is 1. The molecule has 0 saturated carbocycles. The molecule has 1 aromatic heterocycles. The molecule has 0 aliphatic carbocycles. The first kappa shape index (κ1) is 15.9. The van der Waals surface area contributed by atoms with Gasteiger partial charge in [-0.1, -0.05) is 0 Å². The Morgan fingerprint density at radius 1 is 1.12 bits per heavy atom. The maximum absolute atomic E-state index is 13.2. The number of aromatic nitrogens is 2. The van der Waals surface area contributed by atoms with E-state index in [4.69, 9.17) is 4.74 Å². The number of halogens is 1. The zero-order chi connectivity index (χ0) is 17.1. The molecule has 24 heavy (non-hydrogen) atoms. The van der Waals surface area contributed by atoms with E-state index in [1.54, 1.807) is 19.2 Å². The van der Waals surface area contributed by atoms with Crippen LogP contribution in [0.5, 0.6) is 5.75 Å². The molecule has 122 valence electrons. The van der Waals surface area contributed by atoms with Gasteiger partial charge >= 0.3 is 0 Å². The van der Waals surface area contributed by atoms with Crippen LogP contribution in [0, 0.1) is 5.82 Å². The molecule has 0 fully saturated rings. The quantitative estimate of drug-likeness (QED) is 0.716. The lowest BCUT2D eigenvalue weighted by Gasteiger charge is -2.06. The summed E-state index contributed by atoms with van der Waals surface area (Å²) in [6, 6.07) is 13.6. The molecule has 2 aromatic carbocycles. The van der Waals surface area contributed by atoms with E-state index in [-0.39, 0.29) is 18.0 Å². The van der Waals surface area contributed by atoms with E-state index in [1.807, 2.05) is 35.0 Å². The summed E-state index contributed by atoms with van der Waals surface area (Å²) in [5, 5.41) is 0. The average Bonchev–Trinajstić information content (AvgIpc) is 2.98. The molecule has 3 rings (SSSR count). The minimum atomic E-state index is -0.303. The minimum absolute atomic E-state index is 0.0187. The topological polar surface area (TPSA) is 44.1 Å². The number of hydrogen-bond acceptors (Lipinski definition) is 3. The van der Waals surface area contributed by atoms with Crippen molar-refractivity contribution in [2.24, 2.45) is 0 Å². The molecule has 0 atom stereocenters. The molecule has 0 N–H and O–H groups in total. The van der Waals surface area contributed by atoms with Gasteiger partial charge in [0.25, 0.3) is 0 Å². The highest BCUT2D eigenvalue weighted by Gasteiger charge is 2.13. The first-order chi connectivity index (χ1) is 11.6. The largest absolute Gasteiger partial charge is 0.497 e. The van der Waals surface area contributed by atoms with Crippen LogP contribution in [0.4, 0.5) is 4.39 Å². The lowest BCUT2D eigenvalue weighted by Crippen LogP contribution is -2.05. The fourth-order valence-corrected chi connectivity index (χ4v) is 2.49. The highest BCUT2D eigenvalue weighted by molar-refractivity contribution is 5.78. The van der Waals surface area contributed by atoms with Gasteiger partial charge in [0.2, 0.25) is 0 Å². The number of rotatable bonds is 5. The third-order valence-corrected chi connectivity index (χ3v) is 3.68. The van der Waals surface area contributed by atoms with Crippen molar-refractivity contribution in [1.29, 1.82) is 0 Å². The summed E-state index contributed by atoms with van der Waals surface area (Å²) in [7, 11) is 1.61. The number of imidazole rings is 1. The van der Waals surface area contributed by atoms with Crippen molar-refractivity contribution in [2.75, 3.05) is 7.11 Å². The van der Waals surface area contributed by atoms with Gasteiger partial charge in [0.15, 0.2) is 0 Å². The second-order valence-electron chi connectivity index (χ2n) is 5.50. The van der Waals surface area contributed by atoms with Crippen molar-refractivity contribution in [3.05, 3.63) is 66.4 Å². The molecular weight excluding hydrogens is 307 g/mol. The monoisotopic (exact) mass is 324 g/mol. The molecule has 1 heterocycles.